The second-order valence-corrected chi connectivity index (χ2v) is 4.98. The zero-order chi connectivity index (χ0) is 12.1. The highest BCUT2D eigenvalue weighted by molar-refractivity contribution is 7.98. The zero-order valence-corrected chi connectivity index (χ0v) is 11.3. The lowest BCUT2D eigenvalue weighted by atomic mass is 10.1. The first-order valence-electron chi connectivity index (χ1n) is 5.47. The Kier molecular flexibility index (Phi) is 5.09. The molecule has 0 bridgehead atoms. The van der Waals surface area contributed by atoms with Gasteiger partial charge in [0.25, 0.3) is 0 Å². The normalized spacial score (nSPS) is 12.6. The molecule has 1 heterocycles. The minimum Gasteiger partial charge on any atom is -0.371 e. The number of aromatic nitrogens is 1. The van der Waals surface area contributed by atoms with Gasteiger partial charge in [-0.2, -0.15) is 11.8 Å². The van der Waals surface area contributed by atoms with Crippen LogP contribution in [0.25, 0.3) is 0 Å². The van der Waals surface area contributed by atoms with E-state index >= 15 is 0 Å². The van der Waals surface area contributed by atoms with Crippen molar-refractivity contribution in [3.63, 3.8) is 0 Å². The van der Waals surface area contributed by atoms with Crippen LogP contribution in [-0.2, 0) is 6.54 Å². The van der Waals surface area contributed by atoms with Crippen molar-refractivity contribution in [3.05, 3.63) is 23.5 Å². The topological polar surface area (TPSA) is 42.2 Å². The van der Waals surface area contributed by atoms with Gasteiger partial charge in [-0.3, -0.25) is 4.98 Å². The van der Waals surface area contributed by atoms with E-state index in [0.717, 1.165) is 17.0 Å². The van der Waals surface area contributed by atoms with E-state index in [1.54, 1.807) is 0 Å². The summed E-state index contributed by atoms with van der Waals surface area (Å²) in [6.07, 6.45) is 4.01. The van der Waals surface area contributed by atoms with E-state index in [0.29, 0.717) is 12.6 Å². The maximum absolute atomic E-state index is 5.74. The molecular weight excluding hydrogens is 218 g/mol. The summed E-state index contributed by atoms with van der Waals surface area (Å²) < 4.78 is 0. The van der Waals surface area contributed by atoms with Crippen LogP contribution in [0.5, 0.6) is 0 Å². The van der Waals surface area contributed by atoms with Crippen LogP contribution < -0.4 is 10.6 Å². The molecule has 0 aliphatic heterocycles. The molecule has 0 aromatic carbocycles. The van der Waals surface area contributed by atoms with Gasteiger partial charge >= 0.3 is 0 Å². The van der Waals surface area contributed by atoms with E-state index in [1.807, 2.05) is 24.9 Å². The molecular formula is C12H21N3S. The van der Waals surface area contributed by atoms with Crippen molar-refractivity contribution in [1.29, 1.82) is 0 Å². The quantitative estimate of drug-likeness (QED) is 0.854. The number of anilines is 1. The summed E-state index contributed by atoms with van der Waals surface area (Å²) in [7, 11) is 2.12. The largest absolute Gasteiger partial charge is 0.371 e. The predicted molar refractivity (Wildman–Crippen MR) is 73.1 cm³/mol. The molecule has 1 aromatic rings. The van der Waals surface area contributed by atoms with Gasteiger partial charge in [-0.15, -0.1) is 0 Å². The average molecular weight is 239 g/mol. The first-order valence-corrected chi connectivity index (χ1v) is 6.87. The molecule has 0 aliphatic carbocycles. The Labute approximate surface area is 102 Å². The molecule has 4 heteroatoms. The second kappa shape index (κ2) is 6.11. The standard InChI is InChI=1S/C12H21N3S/c1-9-5-12(11(6-13)7-14-9)15(3)10(2)8-16-4/h5,7,10H,6,8,13H2,1-4H3. The van der Waals surface area contributed by atoms with Gasteiger partial charge in [-0.05, 0) is 26.2 Å². The van der Waals surface area contributed by atoms with Gasteiger partial charge < -0.3 is 10.6 Å². The predicted octanol–water partition coefficient (Wildman–Crippen LogP) is 2.04. The highest BCUT2D eigenvalue weighted by Gasteiger charge is 2.13. The van der Waals surface area contributed by atoms with Crippen molar-refractivity contribution in [2.24, 2.45) is 5.73 Å². The Balaban J connectivity index is 2.96. The lowest BCUT2D eigenvalue weighted by molar-refractivity contribution is 0.757. The Bertz CT molecular complexity index is 341. The number of nitrogens with two attached hydrogens (primary N) is 1. The molecule has 1 unspecified atom stereocenters. The molecule has 1 rings (SSSR count). The average Bonchev–Trinajstić information content (AvgIpc) is 2.28. The third-order valence-electron chi connectivity index (χ3n) is 2.77. The molecule has 90 valence electrons. The van der Waals surface area contributed by atoms with Crippen LogP contribution in [0.4, 0.5) is 5.69 Å². The molecule has 0 saturated carbocycles. The first-order chi connectivity index (χ1) is 7.60. The van der Waals surface area contributed by atoms with Crippen molar-refractivity contribution < 1.29 is 0 Å². The van der Waals surface area contributed by atoms with Gasteiger partial charge in [-0.25, -0.2) is 0 Å². The van der Waals surface area contributed by atoms with Crippen LogP contribution >= 0.6 is 11.8 Å². The van der Waals surface area contributed by atoms with E-state index in [9.17, 15) is 0 Å². The van der Waals surface area contributed by atoms with E-state index in [2.05, 4.69) is 36.2 Å². The molecule has 0 saturated heterocycles. The fraction of sp³-hybridized carbons (Fsp3) is 0.583. The molecule has 0 fully saturated rings. The van der Waals surface area contributed by atoms with Crippen LogP contribution in [0.15, 0.2) is 12.3 Å². The summed E-state index contributed by atoms with van der Waals surface area (Å²) in [5.74, 6) is 1.11. The van der Waals surface area contributed by atoms with Crippen LogP contribution in [-0.4, -0.2) is 30.1 Å². The minimum atomic E-state index is 0.502. The van der Waals surface area contributed by atoms with E-state index in [1.165, 1.54) is 5.69 Å². The minimum absolute atomic E-state index is 0.502. The molecule has 0 radical (unpaired) electrons. The molecule has 0 amide bonds. The monoisotopic (exact) mass is 239 g/mol. The Morgan fingerprint density at radius 3 is 2.81 bits per heavy atom. The number of thioether (sulfide) groups is 1. The number of pyridine rings is 1. The first kappa shape index (κ1) is 13.3. The summed E-state index contributed by atoms with van der Waals surface area (Å²) in [4.78, 5) is 6.57. The van der Waals surface area contributed by atoms with Crippen molar-refractivity contribution >= 4 is 17.4 Å². The van der Waals surface area contributed by atoms with Crippen LogP contribution in [0.3, 0.4) is 0 Å². The van der Waals surface area contributed by atoms with E-state index < -0.39 is 0 Å². The lowest BCUT2D eigenvalue weighted by Crippen LogP contribution is -2.32. The van der Waals surface area contributed by atoms with Crippen LogP contribution in [0.1, 0.15) is 18.2 Å². The highest BCUT2D eigenvalue weighted by Crippen LogP contribution is 2.22. The summed E-state index contributed by atoms with van der Waals surface area (Å²) in [6, 6.07) is 2.61. The van der Waals surface area contributed by atoms with Crippen LogP contribution in [0.2, 0.25) is 0 Å². The van der Waals surface area contributed by atoms with Crippen molar-refractivity contribution in [1.82, 2.24) is 4.98 Å². The fourth-order valence-electron chi connectivity index (χ4n) is 1.65. The molecule has 3 nitrogen and oxygen atoms in total. The Morgan fingerprint density at radius 1 is 1.56 bits per heavy atom. The van der Waals surface area contributed by atoms with Gasteiger partial charge in [0.1, 0.15) is 0 Å². The number of hydrogen-bond acceptors (Lipinski definition) is 4. The maximum atomic E-state index is 5.74. The van der Waals surface area contributed by atoms with Crippen LogP contribution in [0, 0.1) is 6.92 Å². The Hall–Kier alpha value is -0.740. The zero-order valence-electron chi connectivity index (χ0n) is 10.5. The van der Waals surface area contributed by atoms with Gasteiger partial charge in [-0.1, -0.05) is 0 Å². The summed E-state index contributed by atoms with van der Waals surface area (Å²) in [6.45, 7) is 4.78. The fourth-order valence-corrected chi connectivity index (χ4v) is 2.36. The number of aryl methyl sites for hydroxylation is 1. The SMILES string of the molecule is CSCC(C)N(C)c1cc(C)ncc1CN. The summed E-state index contributed by atoms with van der Waals surface area (Å²) >= 11 is 1.86. The molecule has 16 heavy (non-hydrogen) atoms. The van der Waals surface area contributed by atoms with E-state index in [-0.39, 0.29) is 0 Å². The van der Waals surface area contributed by atoms with Gasteiger partial charge in [0.2, 0.25) is 0 Å². The Morgan fingerprint density at radius 2 is 2.25 bits per heavy atom. The molecule has 1 atom stereocenters. The molecule has 0 spiro atoms. The van der Waals surface area contributed by atoms with Crippen molar-refractivity contribution in [3.8, 4) is 0 Å². The van der Waals surface area contributed by atoms with Gasteiger partial charge in [0.15, 0.2) is 0 Å². The smallest absolute Gasteiger partial charge is 0.0445 e. The number of nitrogens with zero attached hydrogens (tertiary/aromatic N) is 2. The molecule has 2 N–H and O–H groups in total. The second-order valence-electron chi connectivity index (χ2n) is 4.07. The van der Waals surface area contributed by atoms with Crippen molar-refractivity contribution in [2.45, 2.75) is 26.4 Å². The third kappa shape index (κ3) is 3.12. The summed E-state index contributed by atoms with van der Waals surface area (Å²) in [5, 5.41) is 0. The van der Waals surface area contributed by atoms with E-state index in [4.69, 9.17) is 5.73 Å². The van der Waals surface area contributed by atoms with Crippen molar-refractivity contribution in [2.75, 3.05) is 24.0 Å². The van der Waals surface area contributed by atoms with Gasteiger partial charge in [0.05, 0.1) is 0 Å². The lowest BCUT2D eigenvalue weighted by Gasteiger charge is -2.28. The summed E-state index contributed by atoms with van der Waals surface area (Å²) in [5.41, 5.74) is 9.10. The number of rotatable bonds is 5. The van der Waals surface area contributed by atoms with Gasteiger partial charge in [0, 0.05) is 48.5 Å². The maximum Gasteiger partial charge on any atom is 0.0445 e. The highest BCUT2D eigenvalue weighted by atomic mass is 32.2. The molecule has 1 aromatic heterocycles. The molecule has 0 aliphatic rings. The third-order valence-corrected chi connectivity index (χ3v) is 3.58. The number of hydrogen-bond donors (Lipinski definition) is 1.